The van der Waals surface area contributed by atoms with Crippen molar-refractivity contribution in [2.45, 2.75) is 59.4 Å². The molecule has 1 N–H and O–H groups in total. The van der Waals surface area contributed by atoms with E-state index in [2.05, 4.69) is 5.32 Å². The number of nitrogens with one attached hydrogen (secondary N) is 1. The lowest BCUT2D eigenvalue weighted by molar-refractivity contribution is -0.130. The Kier molecular flexibility index (Phi) is 3.52. The molecule has 18 heavy (non-hydrogen) atoms. The highest BCUT2D eigenvalue weighted by Crippen LogP contribution is 2.55. The maximum atomic E-state index is 12.3. The standard InChI is InChI=1S/C15H25NO2/c1-9(17)13(15(2,3)4)16-14(18)12-10-7-5-6-8-11(10)12/h10-13H,5-8H2,1-4H3,(H,16,18). The van der Waals surface area contributed by atoms with E-state index in [0.29, 0.717) is 11.8 Å². The van der Waals surface area contributed by atoms with Gasteiger partial charge in [0.15, 0.2) is 5.78 Å². The molecule has 1 amide bonds. The summed E-state index contributed by atoms with van der Waals surface area (Å²) in [5, 5.41) is 2.99. The van der Waals surface area contributed by atoms with Crippen molar-refractivity contribution < 1.29 is 9.59 Å². The first-order chi connectivity index (χ1) is 8.32. The van der Waals surface area contributed by atoms with Crippen molar-refractivity contribution in [3.63, 3.8) is 0 Å². The first-order valence-corrected chi connectivity index (χ1v) is 7.13. The van der Waals surface area contributed by atoms with E-state index in [0.717, 1.165) is 0 Å². The number of rotatable bonds is 3. The molecule has 0 radical (unpaired) electrons. The molecular weight excluding hydrogens is 226 g/mol. The van der Waals surface area contributed by atoms with Crippen LogP contribution in [0, 0.1) is 23.2 Å². The van der Waals surface area contributed by atoms with Crippen molar-refractivity contribution in [1.29, 1.82) is 0 Å². The second-order valence-electron chi connectivity index (χ2n) is 7.06. The van der Waals surface area contributed by atoms with Crippen LogP contribution in [0.1, 0.15) is 53.4 Å². The van der Waals surface area contributed by atoms with Crippen LogP contribution < -0.4 is 5.32 Å². The molecule has 2 fully saturated rings. The number of hydrogen-bond donors (Lipinski definition) is 1. The lowest BCUT2D eigenvalue weighted by atomic mass is 9.84. The summed E-state index contributed by atoms with van der Waals surface area (Å²) in [6, 6.07) is -0.354. The van der Waals surface area contributed by atoms with Crippen molar-refractivity contribution in [2.24, 2.45) is 23.2 Å². The van der Waals surface area contributed by atoms with Crippen LogP contribution in [0.3, 0.4) is 0 Å². The third-order valence-corrected chi connectivity index (χ3v) is 4.52. The van der Waals surface area contributed by atoms with Gasteiger partial charge in [0, 0.05) is 5.92 Å². The van der Waals surface area contributed by atoms with Crippen LogP contribution in [-0.2, 0) is 9.59 Å². The van der Waals surface area contributed by atoms with Gasteiger partial charge in [0.05, 0.1) is 6.04 Å². The SMILES string of the molecule is CC(=O)C(NC(=O)C1C2CCCCC21)C(C)(C)C. The average molecular weight is 251 g/mol. The van der Waals surface area contributed by atoms with Crippen LogP contribution in [0.4, 0.5) is 0 Å². The van der Waals surface area contributed by atoms with Gasteiger partial charge in [0.25, 0.3) is 0 Å². The van der Waals surface area contributed by atoms with Gasteiger partial charge in [-0.2, -0.15) is 0 Å². The van der Waals surface area contributed by atoms with Crippen molar-refractivity contribution >= 4 is 11.7 Å². The molecule has 0 aliphatic heterocycles. The molecule has 2 aliphatic rings. The lowest BCUT2D eigenvalue weighted by Gasteiger charge is -2.29. The van der Waals surface area contributed by atoms with Gasteiger partial charge in [0.1, 0.15) is 0 Å². The lowest BCUT2D eigenvalue weighted by Crippen LogP contribution is -2.49. The van der Waals surface area contributed by atoms with E-state index in [1.807, 2.05) is 20.8 Å². The Balaban J connectivity index is 1.96. The number of carbonyl (C=O) groups excluding carboxylic acids is 2. The van der Waals surface area contributed by atoms with E-state index in [-0.39, 0.29) is 29.1 Å². The fraction of sp³-hybridized carbons (Fsp3) is 0.867. The molecule has 0 spiro atoms. The van der Waals surface area contributed by atoms with Crippen molar-refractivity contribution in [3.05, 3.63) is 0 Å². The van der Waals surface area contributed by atoms with Crippen molar-refractivity contribution in [3.8, 4) is 0 Å². The highest BCUT2D eigenvalue weighted by Gasteiger charge is 2.55. The monoisotopic (exact) mass is 251 g/mol. The summed E-state index contributed by atoms with van der Waals surface area (Å²) in [5.74, 6) is 1.57. The quantitative estimate of drug-likeness (QED) is 0.838. The largest absolute Gasteiger partial charge is 0.346 e. The normalized spacial score (nSPS) is 32.3. The van der Waals surface area contributed by atoms with Gasteiger partial charge in [-0.3, -0.25) is 9.59 Å². The van der Waals surface area contributed by atoms with Crippen LogP contribution in [0.15, 0.2) is 0 Å². The van der Waals surface area contributed by atoms with Gasteiger partial charge >= 0.3 is 0 Å². The number of fused-ring (bicyclic) bond motifs is 1. The third kappa shape index (κ3) is 2.60. The van der Waals surface area contributed by atoms with Gasteiger partial charge in [-0.15, -0.1) is 0 Å². The molecule has 0 aromatic carbocycles. The molecule has 3 nitrogen and oxygen atoms in total. The average Bonchev–Trinajstić information content (AvgIpc) is 2.97. The molecule has 0 aromatic heterocycles. The number of ketones is 1. The zero-order valence-electron chi connectivity index (χ0n) is 12.0. The Labute approximate surface area is 110 Å². The summed E-state index contributed by atoms with van der Waals surface area (Å²) in [5.41, 5.74) is -0.207. The fourth-order valence-corrected chi connectivity index (χ4v) is 3.55. The van der Waals surface area contributed by atoms with Gasteiger partial charge in [-0.05, 0) is 37.0 Å². The van der Waals surface area contributed by atoms with E-state index in [9.17, 15) is 9.59 Å². The van der Waals surface area contributed by atoms with E-state index in [4.69, 9.17) is 0 Å². The molecule has 3 unspecified atom stereocenters. The number of carbonyl (C=O) groups is 2. The Bertz CT molecular complexity index is 344. The number of amides is 1. The van der Waals surface area contributed by atoms with Crippen LogP contribution in [0.5, 0.6) is 0 Å². The van der Waals surface area contributed by atoms with E-state index >= 15 is 0 Å². The predicted octanol–water partition coefficient (Wildman–Crippen LogP) is 2.54. The molecule has 2 rings (SSSR count). The van der Waals surface area contributed by atoms with Gasteiger partial charge in [-0.1, -0.05) is 33.6 Å². The van der Waals surface area contributed by atoms with Gasteiger partial charge in [0.2, 0.25) is 5.91 Å². The maximum absolute atomic E-state index is 12.3. The Morgan fingerprint density at radius 3 is 2.00 bits per heavy atom. The highest BCUT2D eigenvalue weighted by atomic mass is 16.2. The number of Topliss-reactive ketones (excluding diaryl/α,β-unsaturated/α-hetero) is 1. The fourth-order valence-electron chi connectivity index (χ4n) is 3.55. The molecular formula is C15H25NO2. The molecule has 0 saturated heterocycles. The molecule has 102 valence electrons. The van der Waals surface area contributed by atoms with E-state index in [1.54, 1.807) is 6.92 Å². The van der Waals surface area contributed by atoms with E-state index < -0.39 is 0 Å². The Hall–Kier alpha value is -0.860. The van der Waals surface area contributed by atoms with Crippen LogP contribution in [-0.4, -0.2) is 17.7 Å². The summed E-state index contributed by atoms with van der Waals surface area (Å²) in [7, 11) is 0. The van der Waals surface area contributed by atoms with Crippen molar-refractivity contribution in [2.75, 3.05) is 0 Å². The molecule has 3 heteroatoms. The maximum Gasteiger partial charge on any atom is 0.224 e. The first kappa shape index (κ1) is 13.6. The topological polar surface area (TPSA) is 46.2 Å². The summed E-state index contributed by atoms with van der Waals surface area (Å²) >= 11 is 0. The number of hydrogen-bond acceptors (Lipinski definition) is 2. The minimum Gasteiger partial charge on any atom is -0.346 e. The predicted molar refractivity (Wildman–Crippen MR) is 71.0 cm³/mol. The molecule has 2 saturated carbocycles. The summed E-state index contributed by atoms with van der Waals surface area (Å²) in [4.78, 5) is 23.9. The van der Waals surface area contributed by atoms with E-state index in [1.165, 1.54) is 25.7 Å². The molecule has 0 aromatic rings. The van der Waals surface area contributed by atoms with Crippen LogP contribution in [0.25, 0.3) is 0 Å². The molecule has 0 heterocycles. The van der Waals surface area contributed by atoms with Crippen LogP contribution in [0.2, 0.25) is 0 Å². The summed E-state index contributed by atoms with van der Waals surface area (Å²) in [6.45, 7) is 7.56. The van der Waals surface area contributed by atoms with Gasteiger partial charge in [-0.25, -0.2) is 0 Å². The van der Waals surface area contributed by atoms with Crippen LogP contribution >= 0.6 is 0 Å². The molecule has 3 atom stereocenters. The highest BCUT2D eigenvalue weighted by molar-refractivity contribution is 5.90. The summed E-state index contributed by atoms with van der Waals surface area (Å²) < 4.78 is 0. The summed E-state index contributed by atoms with van der Waals surface area (Å²) in [6.07, 6.45) is 4.92. The first-order valence-electron chi connectivity index (χ1n) is 7.13. The second kappa shape index (κ2) is 4.67. The Morgan fingerprint density at radius 2 is 1.61 bits per heavy atom. The van der Waals surface area contributed by atoms with Gasteiger partial charge < -0.3 is 5.32 Å². The molecule has 0 bridgehead atoms. The minimum absolute atomic E-state index is 0.0551. The zero-order chi connectivity index (χ0) is 13.5. The zero-order valence-corrected chi connectivity index (χ0v) is 12.0. The Morgan fingerprint density at radius 1 is 1.11 bits per heavy atom. The minimum atomic E-state index is -0.354. The van der Waals surface area contributed by atoms with Crippen molar-refractivity contribution in [1.82, 2.24) is 5.32 Å². The molecule has 2 aliphatic carbocycles. The third-order valence-electron chi connectivity index (χ3n) is 4.52. The second-order valence-corrected chi connectivity index (χ2v) is 7.06. The smallest absolute Gasteiger partial charge is 0.224 e.